The molecular formula is C35H68O2. The molecule has 0 aliphatic carbocycles. The van der Waals surface area contributed by atoms with Gasteiger partial charge in [-0.1, -0.05) is 187 Å². The summed E-state index contributed by atoms with van der Waals surface area (Å²) in [5, 5.41) is 0. The number of rotatable bonds is 32. The van der Waals surface area contributed by atoms with Crippen LogP contribution >= 0.6 is 0 Å². The summed E-state index contributed by atoms with van der Waals surface area (Å²) in [6, 6.07) is 0. The van der Waals surface area contributed by atoms with Gasteiger partial charge in [-0.05, 0) is 12.8 Å². The highest BCUT2D eigenvalue weighted by Gasteiger charge is 2.12. The second-order valence-electron chi connectivity index (χ2n) is 11.9. The zero-order valence-electron chi connectivity index (χ0n) is 25.7. The maximum Gasteiger partial charge on any atom is 0.198 e. The van der Waals surface area contributed by atoms with Crippen LogP contribution in [0.3, 0.4) is 0 Å². The molecule has 0 spiro atoms. The van der Waals surface area contributed by atoms with Crippen LogP contribution in [0.25, 0.3) is 0 Å². The molecule has 220 valence electrons. The molecule has 0 unspecified atom stereocenters. The molecule has 0 bridgehead atoms. The smallest absolute Gasteiger partial charge is 0.198 e. The van der Waals surface area contributed by atoms with Crippen molar-refractivity contribution in [2.45, 2.75) is 213 Å². The highest BCUT2D eigenvalue weighted by Crippen LogP contribution is 2.15. The summed E-state index contributed by atoms with van der Waals surface area (Å²) < 4.78 is 0. The Hall–Kier alpha value is -0.660. The zero-order valence-corrected chi connectivity index (χ0v) is 25.7. The van der Waals surface area contributed by atoms with E-state index in [1.807, 2.05) is 0 Å². The van der Waals surface area contributed by atoms with Gasteiger partial charge in [0.1, 0.15) is 0 Å². The fourth-order valence-electron chi connectivity index (χ4n) is 5.42. The summed E-state index contributed by atoms with van der Waals surface area (Å²) >= 11 is 0. The predicted octanol–water partition coefficient (Wildman–Crippen LogP) is 12.3. The fourth-order valence-corrected chi connectivity index (χ4v) is 5.42. The lowest BCUT2D eigenvalue weighted by atomic mass is 10.0. The Kier molecular flexibility index (Phi) is 31.0. The van der Waals surface area contributed by atoms with Crippen molar-refractivity contribution in [3.8, 4) is 0 Å². The Labute approximate surface area is 233 Å². The molecule has 2 nitrogen and oxygen atoms in total. The molecule has 0 aliphatic rings. The van der Waals surface area contributed by atoms with Crippen molar-refractivity contribution in [1.82, 2.24) is 0 Å². The van der Waals surface area contributed by atoms with Gasteiger partial charge in [0.05, 0.1) is 0 Å². The highest BCUT2D eigenvalue weighted by atomic mass is 16.2. The van der Waals surface area contributed by atoms with Crippen LogP contribution in [0.15, 0.2) is 0 Å². The van der Waals surface area contributed by atoms with E-state index in [0.29, 0.717) is 12.8 Å². The van der Waals surface area contributed by atoms with Crippen molar-refractivity contribution in [2.75, 3.05) is 0 Å². The highest BCUT2D eigenvalue weighted by molar-refractivity contribution is 6.37. The lowest BCUT2D eigenvalue weighted by Gasteiger charge is -2.04. The number of carbonyl (C=O) groups is 2. The molecule has 0 aromatic rings. The first-order valence-electron chi connectivity index (χ1n) is 17.3. The van der Waals surface area contributed by atoms with Gasteiger partial charge >= 0.3 is 0 Å². The van der Waals surface area contributed by atoms with Gasteiger partial charge in [0, 0.05) is 12.8 Å². The summed E-state index contributed by atoms with van der Waals surface area (Å²) in [6.07, 6.45) is 39.3. The van der Waals surface area contributed by atoms with Crippen molar-refractivity contribution in [1.29, 1.82) is 0 Å². The maximum atomic E-state index is 12.1. The van der Waals surface area contributed by atoms with E-state index < -0.39 is 0 Å². The van der Waals surface area contributed by atoms with Gasteiger partial charge in [-0.25, -0.2) is 0 Å². The monoisotopic (exact) mass is 521 g/mol. The predicted molar refractivity (Wildman–Crippen MR) is 164 cm³/mol. The minimum Gasteiger partial charge on any atom is -0.291 e. The molecular weight excluding hydrogens is 452 g/mol. The van der Waals surface area contributed by atoms with Crippen molar-refractivity contribution >= 4 is 11.6 Å². The van der Waals surface area contributed by atoms with Crippen LogP contribution in [-0.4, -0.2) is 11.6 Å². The molecule has 0 heterocycles. The Morgan fingerprint density at radius 3 is 0.622 bits per heavy atom. The topological polar surface area (TPSA) is 34.1 Å². The summed E-state index contributed by atoms with van der Waals surface area (Å²) in [7, 11) is 0. The summed E-state index contributed by atoms with van der Waals surface area (Å²) in [4.78, 5) is 24.2. The molecule has 0 aromatic carbocycles. The van der Waals surface area contributed by atoms with Crippen LogP contribution in [0.2, 0.25) is 0 Å². The van der Waals surface area contributed by atoms with Gasteiger partial charge < -0.3 is 0 Å². The number of hydrogen-bond donors (Lipinski definition) is 0. The normalized spacial score (nSPS) is 11.3. The Bertz CT molecular complexity index is 470. The first-order valence-corrected chi connectivity index (χ1v) is 17.3. The summed E-state index contributed by atoms with van der Waals surface area (Å²) in [5.74, 6) is -0.215. The number of carbonyl (C=O) groups excluding carboxylic acids is 2. The van der Waals surface area contributed by atoms with Gasteiger partial charge in [-0.3, -0.25) is 9.59 Å². The van der Waals surface area contributed by atoms with Crippen LogP contribution in [0.4, 0.5) is 0 Å². The van der Waals surface area contributed by atoms with Crippen molar-refractivity contribution in [3.63, 3.8) is 0 Å². The van der Waals surface area contributed by atoms with E-state index in [-0.39, 0.29) is 11.6 Å². The minimum absolute atomic E-state index is 0.107. The van der Waals surface area contributed by atoms with Crippen molar-refractivity contribution in [2.24, 2.45) is 0 Å². The lowest BCUT2D eigenvalue weighted by Crippen LogP contribution is -2.13. The first kappa shape index (κ1) is 36.3. The average molecular weight is 521 g/mol. The van der Waals surface area contributed by atoms with E-state index in [4.69, 9.17) is 0 Å². The molecule has 0 radical (unpaired) electrons. The summed E-state index contributed by atoms with van der Waals surface area (Å²) in [6.45, 7) is 4.56. The second kappa shape index (κ2) is 31.6. The SMILES string of the molecule is CCCCCCCCCCCCCCCCCCC(=O)C(=O)CCCCCCCCCCCCCCC. The number of unbranched alkanes of at least 4 members (excludes halogenated alkanes) is 27. The Balaban J connectivity index is 3.28. The molecule has 2 heteroatoms. The van der Waals surface area contributed by atoms with Gasteiger partial charge in [-0.15, -0.1) is 0 Å². The number of ketones is 2. The standard InChI is InChI=1S/C35H68O2/c1-3-5-7-9-11-13-15-17-18-19-21-23-25-27-29-31-33-35(37)34(36)32-30-28-26-24-22-20-16-14-12-10-8-6-4-2/h3-33H2,1-2H3. The third-order valence-electron chi connectivity index (χ3n) is 8.08. The zero-order chi connectivity index (χ0) is 27.1. The van der Waals surface area contributed by atoms with Crippen LogP contribution in [0, 0.1) is 0 Å². The molecule has 0 saturated heterocycles. The van der Waals surface area contributed by atoms with Crippen molar-refractivity contribution < 1.29 is 9.59 Å². The largest absolute Gasteiger partial charge is 0.291 e. The molecule has 0 N–H and O–H groups in total. The Morgan fingerprint density at radius 2 is 0.432 bits per heavy atom. The molecule has 0 amide bonds. The van der Waals surface area contributed by atoms with E-state index in [1.54, 1.807) is 0 Å². The van der Waals surface area contributed by atoms with E-state index in [2.05, 4.69) is 13.8 Å². The third kappa shape index (κ3) is 29.7. The molecule has 0 atom stereocenters. The fraction of sp³-hybridized carbons (Fsp3) is 0.943. The van der Waals surface area contributed by atoms with E-state index in [1.165, 1.54) is 161 Å². The molecule has 0 rings (SSSR count). The molecule has 0 aliphatic heterocycles. The second-order valence-corrected chi connectivity index (χ2v) is 11.9. The van der Waals surface area contributed by atoms with Crippen LogP contribution in [0.5, 0.6) is 0 Å². The number of hydrogen-bond acceptors (Lipinski definition) is 2. The Morgan fingerprint density at radius 1 is 0.270 bits per heavy atom. The van der Waals surface area contributed by atoms with Gasteiger partial charge in [0.25, 0.3) is 0 Å². The van der Waals surface area contributed by atoms with Gasteiger partial charge in [0.15, 0.2) is 11.6 Å². The van der Waals surface area contributed by atoms with Crippen molar-refractivity contribution in [3.05, 3.63) is 0 Å². The van der Waals surface area contributed by atoms with E-state index in [0.717, 1.165) is 25.7 Å². The van der Waals surface area contributed by atoms with Crippen LogP contribution in [0.1, 0.15) is 213 Å². The third-order valence-corrected chi connectivity index (χ3v) is 8.08. The molecule has 37 heavy (non-hydrogen) atoms. The summed E-state index contributed by atoms with van der Waals surface area (Å²) in [5.41, 5.74) is 0. The van der Waals surface area contributed by atoms with E-state index in [9.17, 15) is 9.59 Å². The van der Waals surface area contributed by atoms with Gasteiger partial charge in [0.2, 0.25) is 0 Å². The maximum absolute atomic E-state index is 12.1. The minimum atomic E-state index is -0.107. The average Bonchev–Trinajstić information content (AvgIpc) is 2.90. The van der Waals surface area contributed by atoms with Gasteiger partial charge in [-0.2, -0.15) is 0 Å². The quantitative estimate of drug-likeness (QED) is 0.0652. The number of Topliss-reactive ketones (excluding diaryl/α,β-unsaturated/α-hetero) is 2. The molecule has 0 aromatic heterocycles. The lowest BCUT2D eigenvalue weighted by molar-refractivity contribution is -0.136. The van der Waals surface area contributed by atoms with Crippen LogP contribution in [-0.2, 0) is 9.59 Å². The van der Waals surface area contributed by atoms with E-state index >= 15 is 0 Å². The first-order chi connectivity index (χ1) is 18.2. The molecule has 0 saturated carbocycles. The van der Waals surface area contributed by atoms with Crippen LogP contribution < -0.4 is 0 Å². The molecule has 0 fully saturated rings.